The van der Waals surface area contributed by atoms with Crippen LogP contribution in [0.5, 0.6) is 0 Å². The van der Waals surface area contributed by atoms with Crippen LogP contribution in [-0.2, 0) is 19.1 Å². The Balaban J connectivity index is 1.87. The number of amides is 2. The summed E-state index contributed by atoms with van der Waals surface area (Å²) in [6.45, 7) is 2.23. The first kappa shape index (κ1) is 15.7. The molecule has 118 valence electrons. The largest absolute Gasteiger partial charge is 0.481 e. The molecule has 0 radical (unpaired) electrons. The number of carbonyl (C=O) groups excluding carboxylic acids is 2. The van der Waals surface area contributed by atoms with Gasteiger partial charge in [-0.15, -0.1) is 0 Å². The molecular formula is C13H21N3O5. The van der Waals surface area contributed by atoms with Crippen molar-refractivity contribution in [3.8, 4) is 0 Å². The number of piperazine rings is 1. The number of hydrogen-bond acceptors (Lipinski definition) is 5. The summed E-state index contributed by atoms with van der Waals surface area (Å²) in [5.41, 5.74) is 0. The topological polar surface area (TPSA) is 108 Å². The maximum absolute atomic E-state index is 12.0. The molecule has 1 unspecified atom stereocenters. The van der Waals surface area contributed by atoms with Gasteiger partial charge in [0.25, 0.3) is 0 Å². The van der Waals surface area contributed by atoms with E-state index in [1.165, 1.54) is 0 Å². The summed E-state index contributed by atoms with van der Waals surface area (Å²) in [6, 6.07) is -0.681. The Morgan fingerprint density at radius 1 is 1.38 bits per heavy atom. The zero-order valence-corrected chi connectivity index (χ0v) is 11.8. The highest BCUT2D eigenvalue weighted by molar-refractivity contribution is 5.88. The molecule has 21 heavy (non-hydrogen) atoms. The lowest BCUT2D eigenvalue weighted by Crippen LogP contribution is -2.58. The van der Waals surface area contributed by atoms with Gasteiger partial charge in [0.1, 0.15) is 6.04 Å². The second-order valence-electron chi connectivity index (χ2n) is 5.33. The summed E-state index contributed by atoms with van der Waals surface area (Å²) in [5, 5.41) is 14.4. The number of nitrogens with one attached hydrogen (secondary N) is 2. The molecule has 8 nitrogen and oxygen atoms in total. The summed E-state index contributed by atoms with van der Waals surface area (Å²) < 4.78 is 5.23. The van der Waals surface area contributed by atoms with E-state index in [2.05, 4.69) is 10.6 Å². The molecule has 2 rings (SSSR count). The van der Waals surface area contributed by atoms with Gasteiger partial charge in [0.15, 0.2) is 0 Å². The van der Waals surface area contributed by atoms with Gasteiger partial charge in [-0.25, -0.2) is 0 Å². The molecule has 8 heteroatoms. The molecule has 2 heterocycles. The molecule has 1 atom stereocenters. The predicted octanol–water partition coefficient (Wildman–Crippen LogP) is -1.44. The van der Waals surface area contributed by atoms with E-state index in [9.17, 15) is 14.4 Å². The van der Waals surface area contributed by atoms with Crippen LogP contribution >= 0.6 is 0 Å². The van der Waals surface area contributed by atoms with Gasteiger partial charge in [-0.3, -0.25) is 19.3 Å². The van der Waals surface area contributed by atoms with Crippen molar-refractivity contribution in [1.29, 1.82) is 0 Å². The highest BCUT2D eigenvalue weighted by atomic mass is 16.5. The maximum Gasteiger partial charge on any atom is 0.305 e. The second kappa shape index (κ2) is 7.37. The van der Waals surface area contributed by atoms with Crippen molar-refractivity contribution in [1.82, 2.24) is 15.5 Å². The van der Waals surface area contributed by atoms with Crippen LogP contribution in [0.2, 0.25) is 0 Å². The van der Waals surface area contributed by atoms with Gasteiger partial charge in [-0.05, 0) is 12.8 Å². The molecule has 2 amide bonds. The normalized spacial score (nSPS) is 24.4. The molecule has 2 aliphatic rings. The third-order valence-electron chi connectivity index (χ3n) is 3.74. The third kappa shape index (κ3) is 4.68. The zero-order chi connectivity index (χ0) is 15.2. The number of hydrogen-bond donors (Lipinski definition) is 3. The minimum atomic E-state index is -1.05. The minimum Gasteiger partial charge on any atom is -0.481 e. The highest BCUT2D eigenvalue weighted by Crippen LogP contribution is 2.10. The van der Waals surface area contributed by atoms with Gasteiger partial charge < -0.3 is 20.5 Å². The zero-order valence-electron chi connectivity index (χ0n) is 11.8. The van der Waals surface area contributed by atoms with Crippen molar-refractivity contribution in [3.63, 3.8) is 0 Å². The van der Waals surface area contributed by atoms with E-state index in [4.69, 9.17) is 9.84 Å². The molecule has 0 aliphatic carbocycles. The standard InChI is InChI=1S/C13H21N3O5/c17-11(15-9-1-5-21-6-2-9)8-16-4-3-14-13(20)10(16)7-12(18)19/h9-10H,1-8H2,(H,14,20)(H,15,17)(H,18,19). The number of aliphatic carboxylic acids is 1. The molecule has 3 N–H and O–H groups in total. The van der Waals surface area contributed by atoms with Gasteiger partial charge in [-0.1, -0.05) is 0 Å². The van der Waals surface area contributed by atoms with Gasteiger partial charge in [0.05, 0.1) is 13.0 Å². The van der Waals surface area contributed by atoms with E-state index in [0.29, 0.717) is 26.3 Å². The number of carboxylic acid groups (broad SMARTS) is 1. The Hall–Kier alpha value is -1.67. The SMILES string of the molecule is O=C(O)CC1C(=O)NCCN1CC(=O)NC1CCOCC1. The van der Waals surface area contributed by atoms with E-state index in [1.807, 2.05) is 0 Å². The van der Waals surface area contributed by atoms with Gasteiger partial charge in [-0.2, -0.15) is 0 Å². The Morgan fingerprint density at radius 3 is 2.76 bits per heavy atom. The maximum atomic E-state index is 12.0. The Bertz CT molecular complexity index is 409. The molecule has 2 aliphatic heterocycles. The second-order valence-corrected chi connectivity index (χ2v) is 5.33. The molecule has 0 aromatic rings. The van der Waals surface area contributed by atoms with Crippen LogP contribution in [0.3, 0.4) is 0 Å². The molecule has 0 bridgehead atoms. The van der Waals surface area contributed by atoms with E-state index in [0.717, 1.165) is 12.8 Å². The average Bonchev–Trinajstić information content (AvgIpc) is 2.43. The lowest BCUT2D eigenvalue weighted by molar-refractivity contribution is -0.144. The first-order valence-corrected chi connectivity index (χ1v) is 7.17. The van der Waals surface area contributed by atoms with Crippen LogP contribution in [0.1, 0.15) is 19.3 Å². The third-order valence-corrected chi connectivity index (χ3v) is 3.74. The number of carbonyl (C=O) groups is 3. The minimum absolute atomic E-state index is 0.0444. The number of ether oxygens (including phenoxy) is 1. The van der Waals surface area contributed by atoms with Gasteiger partial charge in [0, 0.05) is 32.3 Å². The van der Waals surface area contributed by atoms with Crippen molar-refractivity contribution < 1.29 is 24.2 Å². The number of carboxylic acids is 1. The van der Waals surface area contributed by atoms with Crippen LogP contribution in [-0.4, -0.2) is 72.7 Å². The molecule has 0 saturated carbocycles. The monoisotopic (exact) mass is 299 g/mol. The van der Waals surface area contributed by atoms with Crippen LogP contribution in [0.15, 0.2) is 0 Å². The van der Waals surface area contributed by atoms with Crippen LogP contribution in [0.25, 0.3) is 0 Å². The first-order chi connectivity index (χ1) is 10.1. The fourth-order valence-corrected chi connectivity index (χ4v) is 2.64. The molecule has 2 saturated heterocycles. The Morgan fingerprint density at radius 2 is 2.10 bits per heavy atom. The summed E-state index contributed by atoms with van der Waals surface area (Å²) >= 11 is 0. The van der Waals surface area contributed by atoms with Crippen molar-refractivity contribution in [2.75, 3.05) is 32.8 Å². The Labute approximate surface area is 122 Å². The fraction of sp³-hybridized carbons (Fsp3) is 0.769. The predicted molar refractivity (Wildman–Crippen MR) is 72.6 cm³/mol. The van der Waals surface area contributed by atoms with Gasteiger partial charge in [0.2, 0.25) is 11.8 Å². The average molecular weight is 299 g/mol. The molecule has 0 aromatic carbocycles. The quantitative estimate of drug-likeness (QED) is 0.573. The van der Waals surface area contributed by atoms with E-state index in [-0.39, 0.29) is 30.8 Å². The highest BCUT2D eigenvalue weighted by Gasteiger charge is 2.32. The molecule has 0 spiro atoms. The smallest absolute Gasteiger partial charge is 0.305 e. The molecule has 2 fully saturated rings. The van der Waals surface area contributed by atoms with Crippen LogP contribution in [0.4, 0.5) is 0 Å². The van der Waals surface area contributed by atoms with E-state index < -0.39 is 12.0 Å². The van der Waals surface area contributed by atoms with Gasteiger partial charge >= 0.3 is 5.97 Å². The summed E-state index contributed by atoms with van der Waals surface area (Å²) in [6.07, 6.45) is 1.27. The van der Waals surface area contributed by atoms with Crippen molar-refractivity contribution in [2.24, 2.45) is 0 Å². The van der Waals surface area contributed by atoms with Crippen molar-refractivity contribution >= 4 is 17.8 Å². The summed E-state index contributed by atoms with van der Waals surface area (Å²) in [7, 11) is 0. The van der Waals surface area contributed by atoms with Crippen LogP contribution < -0.4 is 10.6 Å². The lowest BCUT2D eigenvalue weighted by Gasteiger charge is -2.34. The lowest BCUT2D eigenvalue weighted by atomic mass is 10.1. The number of rotatable bonds is 5. The van der Waals surface area contributed by atoms with E-state index in [1.54, 1.807) is 4.90 Å². The molecule has 0 aromatic heterocycles. The van der Waals surface area contributed by atoms with Crippen molar-refractivity contribution in [3.05, 3.63) is 0 Å². The van der Waals surface area contributed by atoms with E-state index >= 15 is 0 Å². The molecular weight excluding hydrogens is 278 g/mol. The fourth-order valence-electron chi connectivity index (χ4n) is 2.64. The first-order valence-electron chi connectivity index (χ1n) is 7.17. The van der Waals surface area contributed by atoms with Crippen molar-refractivity contribution in [2.45, 2.75) is 31.3 Å². The summed E-state index contributed by atoms with van der Waals surface area (Å²) in [5.74, 6) is -1.55. The number of nitrogens with zero attached hydrogens (tertiary/aromatic N) is 1. The Kier molecular flexibility index (Phi) is 5.51. The summed E-state index contributed by atoms with van der Waals surface area (Å²) in [4.78, 5) is 36.3. The van der Waals surface area contributed by atoms with Crippen LogP contribution in [0, 0.1) is 0 Å².